The molecule has 2 atom stereocenters. The molecule has 16 heavy (non-hydrogen) atoms. The zero-order valence-electron chi connectivity index (χ0n) is 9.39. The van der Waals surface area contributed by atoms with Crippen LogP contribution in [0, 0.1) is 0 Å². The quantitative estimate of drug-likeness (QED) is 0.836. The molecule has 1 heterocycles. The average molecular weight is 223 g/mol. The van der Waals surface area contributed by atoms with Crippen molar-refractivity contribution in [3.05, 3.63) is 24.3 Å². The van der Waals surface area contributed by atoms with Crippen LogP contribution in [0.3, 0.4) is 0 Å². The highest BCUT2D eigenvalue weighted by atomic mass is 16.5. The minimum absolute atomic E-state index is 0.0265. The summed E-state index contributed by atoms with van der Waals surface area (Å²) in [5, 5.41) is 0. The number of rotatable bonds is 3. The normalized spacial score (nSPS) is 25.1. The molecule has 2 N–H and O–H groups in total. The Morgan fingerprint density at radius 1 is 1.31 bits per heavy atom. The summed E-state index contributed by atoms with van der Waals surface area (Å²) >= 11 is 0. The molecule has 0 spiro atoms. The second-order valence-electron chi connectivity index (χ2n) is 3.83. The van der Waals surface area contributed by atoms with Gasteiger partial charge in [0, 0.05) is 12.6 Å². The number of benzene rings is 1. The van der Waals surface area contributed by atoms with E-state index in [0.717, 1.165) is 17.9 Å². The Kier molecular flexibility index (Phi) is 3.64. The summed E-state index contributed by atoms with van der Waals surface area (Å²) < 4.78 is 16.4. The second-order valence-corrected chi connectivity index (χ2v) is 3.83. The van der Waals surface area contributed by atoms with Gasteiger partial charge in [0.15, 0.2) is 11.5 Å². The van der Waals surface area contributed by atoms with Gasteiger partial charge in [-0.15, -0.1) is 0 Å². The van der Waals surface area contributed by atoms with Gasteiger partial charge in [0.2, 0.25) is 0 Å². The summed E-state index contributed by atoms with van der Waals surface area (Å²) in [6, 6.07) is 7.58. The summed E-state index contributed by atoms with van der Waals surface area (Å²) in [4.78, 5) is 0. The largest absolute Gasteiger partial charge is 0.493 e. The van der Waals surface area contributed by atoms with Crippen molar-refractivity contribution >= 4 is 0 Å². The molecule has 1 aromatic carbocycles. The third-order valence-corrected chi connectivity index (χ3v) is 2.70. The Hall–Kier alpha value is -1.26. The first-order valence-electron chi connectivity index (χ1n) is 5.44. The molecule has 1 aromatic rings. The van der Waals surface area contributed by atoms with Gasteiger partial charge in [-0.1, -0.05) is 12.1 Å². The minimum Gasteiger partial charge on any atom is -0.493 e. The van der Waals surface area contributed by atoms with Crippen LogP contribution in [-0.2, 0) is 4.74 Å². The Labute approximate surface area is 95.3 Å². The van der Waals surface area contributed by atoms with Crippen LogP contribution in [0.2, 0.25) is 0 Å². The van der Waals surface area contributed by atoms with Crippen molar-refractivity contribution in [2.45, 2.75) is 18.6 Å². The van der Waals surface area contributed by atoms with E-state index in [1.807, 2.05) is 24.3 Å². The van der Waals surface area contributed by atoms with E-state index < -0.39 is 0 Å². The van der Waals surface area contributed by atoms with Gasteiger partial charge < -0.3 is 19.9 Å². The van der Waals surface area contributed by atoms with Crippen LogP contribution in [0.4, 0.5) is 0 Å². The molecule has 0 saturated carbocycles. The molecular formula is C12H17NO3. The summed E-state index contributed by atoms with van der Waals surface area (Å²) in [6.45, 7) is 1.26. The van der Waals surface area contributed by atoms with Crippen molar-refractivity contribution < 1.29 is 14.2 Å². The Morgan fingerprint density at radius 2 is 2.06 bits per heavy atom. The lowest BCUT2D eigenvalue weighted by Gasteiger charge is -2.29. The maximum absolute atomic E-state index is 5.97. The molecule has 0 radical (unpaired) electrons. The lowest BCUT2D eigenvalue weighted by Crippen LogP contribution is -2.46. The number of methoxy groups -OCH3 is 1. The molecule has 4 heteroatoms. The summed E-state index contributed by atoms with van der Waals surface area (Å²) in [7, 11) is 1.62. The average Bonchev–Trinajstić information content (AvgIpc) is 2.33. The van der Waals surface area contributed by atoms with E-state index >= 15 is 0 Å². The van der Waals surface area contributed by atoms with Crippen LogP contribution in [0.1, 0.15) is 6.42 Å². The number of hydrogen-bond acceptors (Lipinski definition) is 4. The van der Waals surface area contributed by atoms with Gasteiger partial charge in [0.25, 0.3) is 0 Å². The molecule has 1 aliphatic rings. The summed E-state index contributed by atoms with van der Waals surface area (Å²) in [5.74, 6) is 1.44. The lowest BCUT2D eigenvalue weighted by atomic mass is 10.1. The van der Waals surface area contributed by atoms with Crippen LogP contribution in [-0.4, -0.2) is 32.5 Å². The highest BCUT2D eigenvalue weighted by Gasteiger charge is 2.24. The van der Waals surface area contributed by atoms with Crippen molar-refractivity contribution in [3.63, 3.8) is 0 Å². The van der Waals surface area contributed by atoms with Gasteiger partial charge >= 0.3 is 0 Å². The molecule has 1 saturated heterocycles. The summed E-state index contributed by atoms with van der Waals surface area (Å²) in [5.41, 5.74) is 5.97. The predicted octanol–water partition coefficient (Wildman–Crippen LogP) is 1.19. The van der Waals surface area contributed by atoms with Gasteiger partial charge in [0.05, 0.1) is 13.7 Å². The molecule has 0 amide bonds. The van der Waals surface area contributed by atoms with Crippen molar-refractivity contribution in [2.75, 3.05) is 20.3 Å². The third-order valence-electron chi connectivity index (χ3n) is 2.70. The monoisotopic (exact) mass is 223 g/mol. The molecular weight excluding hydrogens is 206 g/mol. The fourth-order valence-corrected chi connectivity index (χ4v) is 1.73. The lowest BCUT2D eigenvalue weighted by molar-refractivity contribution is -0.00623. The molecule has 88 valence electrons. The minimum atomic E-state index is -0.0925. The van der Waals surface area contributed by atoms with Crippen molar-refractivity contribution in [1.82, 2.24) is 0 Å². The SMILES string of the molecule is COc1ccccc1OC1COCCC1N. The Bertz CT molecular complexity index is 343. The van der Waals surface area contributed by atoms with E-state index in [1.54, 1.807) is 7.11 Å². The highest BCUT2D eigenvalue weighted by Crippen LogP contribution is 2.28. The molecule has 2 rings (SSSR count). The highest BCUT2D eigenvalue weighted by molar-refractivity contribution is 5.39. The first-order chi connectivity index (χ1) is 7.81. The number of nitrogens with two attached hydrogens (primary N) is 1. The van der Waals surface area contributed by atoms with Gasteiger partial charge in [-0.25, -0.2) is 0 Å². The van der Waals surface area contributed by atoms with E-state index in [9.17, 15) is 0 Å². The zero-order chi connectivity index (χ0) is 11.4. The topological polar surface area (TPSA) is 53.7 Å². The van der Waals surface area contributed by atoms with Crippen LogP contribution >= 0.6 is 0 Å². The molecule has 1 fully saturated rings. The predicted molar refractivity (Wildman–Crippen MR) is 60.8 cm³/mol. The van der Waals surface area contributed by atoms with E-state index in [0.29, 0.717) is 13.2 Å². The van der Waals surface area contributed by atoms with Gasteiger partial charge in [0.1, 0.15) is 6.10 Å². The molecule has 4 nitrogen and oxygen atoms in total. The van der Waals surface area contributed by atoms with E-state index in [2.05, 4.69) is 0 Å². The van der Waals surface area contributed by atoms with Crippen molar-refractivity contribution in [1.29, 1.82) is 0 Å². The molecule has 0 aliphatic carbocycles. The fourth-order valence-electron chi connectivity index (χ4n) is 1.73. The Balaban J connectivity index is 2.07. The first kappa shape index (κ1) is 11.2. The van der Waals surface area contributed by atoms with Gasteiger partial charge in [-0.2, -0.15) is 0 Å². The smallest absolute Gasteiger partial charge is 0.161 e. The maximum atomic E-state index is 5.97. The molecule has 0 bridgehead atoms. The number of hydrogen-bond donors (Lipinski definition) is 1. The van der Waals surface area contributed by atoms with Crippen molar-refractivity contribution in [3.8, 4) is 11.5 Å². The van der Waals surface area contributed by atoms with E-state index in [-0.39, 0.29) is 12.1 Å². The first-order valence-corrected chi connectivity index (χ1v) is 5.44. The maximum Gasteiger partial charge on any atom is 0.161 e. The number of para-hydroxylation sites is 2. The van der Waals surface area contributed by atoms with Crippen molar-refractivity contribution in [2.24, 2.45) is 5.73 Å². The zero-order valence-corrected chi connectivity index (χ0v) is 9.39. The van der Waals surface area contributed by atoms with Crippen LogP contribution in [0.15, 0.2) is 24.3 Å². The molecule has 2 unspecified atom stereocenters. The van der Waals surface area contributed by atoms with E-state index in [1.165, 1.54) is 0 Å². The van der Waals surface area contributed by atoms with E-state index in [4.69, 9.17) is 19.9 Å². The fraction of sp³-hybridized carbons (Fsp3) is 0.500. The van der Waals surface area contributed by atoms with Gasteiger partial charge in [-0.05, 0) is 18.6 Å². The van der Waals surface area contributed by atoms with Crippen LogP contribution < -0.4 is 15.2 Å². The number of ether oxygens (including phenoxy) is 3. The summed E-state index contributed by atoms with van der Waals surface area (Å²) in [6.07, 6.45) is 0.741. The van der Waals surface area contributed by atoms with Crippen LogP contribution in [0.5, 0.6) is 11.5 Å². The Morgan fingerprint density at radius 3 is 2.75 bits per heavy atom. The van der Waals surface area contributed by atoms with Crippen LogP contribution in [0.25, 0.3) is 0 Å². The molecule has 0 aromatic heterocycles. The van der Waals surface area contributed by atoms with Gasteiger partial charge in [-0.3, -0.25) is 0 Å². The third kappa shape index (κ3) is 2.46. The second kappa shape index (κ2) is 5.18. The molecule has 1 aliphatic heterocycles. The standard InChI is InChI=1S/C12H17NO3/c1-14-10-4-2-3-5-11(10)16-12-8-15-7-6-9(12)13/h2-5,9,12H,6-8,13H2,1H3.